The maximum absolute atomic E-state index is 14.5. The molecule has 4 aliphatic rings. The van der Waals surface area contributed by atoms with Crippen molar-refractivity contribution in [3.63, 3.8) is 0 Å². The highest BCUT2D eigenvalue weighted by atomic mass is 16.5. The van der Waals surface area contributed by atoms with E-state index in [1.165, 1.54) is 81.9 Å². The number of nitrogens with zero attached hydrogens (tertiary/aromatic N) is 9. The molecule has 7 amide bonds. The van der Waals surface area contributed by atoms with Crippen molar-refractivity contribution >= 4 is 46.8 Å². The number of aromatic nitrogens is 6. The van der Waals surface area contributed by atoms with Gasteiger partial charge in [0.1, 0.15) is 16.9 Å². The third kappa shape index (κ3) is 15.3. The molecular weight excluding hydrogens is 1090 g/mol. The van der Waals surface area contributed by atoms with Gasteiger partial charge in [0.15, 0.2) is 0 Å². The third-order valence-electron chi connectivity index (χ3n) is 18.1. The number of anilines is 3. The summed E-state index contributed by atoms with van der Waals surface area (Å²) in [6.45, 7) is 13.4. The second-order valence-corrected chi connectivity index (χ2v) is 26.7. The molecule has 18 nitrogen and oxygen atoms in total. The van der Waals surface area contributed by atoms with Crippen LogP contribution < -0.4 is 25.8 Å². The molecule has 87 heavy (non-hydrogen) atoms. The van der Waals surface area contributed by atoms with Crippen LogP contribution in [0.3, 0.4) is 0 Å². The SMILES string of the molecule is CC(C)(CNC(=O)CCC(=O)N1Cc2ccccc2-c2c(nnn2C2(C)CCCCCCCCCCCCCCCC2)-c2ccccc21)COCC(C)(C)Cn1cc(-c2cccc(NC(=O)N3CCC4(CC3)NC(=O)N(c3ccccc3)C4=O)c2)nn1. The zero-order chi connectivity index (χ0) is 61.0. The number of urea groups is 2. The number of imide groups is 1. The number of likely N-dealkylation sites (tertiary alicyclic amines) is 1. The summed E-state index contributed by atoms with van der Waals surface area (Å²) in [5.41, 5.74) is 6.05. The number of fused-ring (bicyclic) bond motifs is 5. The summed E-state index contributed by atoms with van der Waals surface area (Å²) in [6.07, 6.45) is 22.8. The quantitative estimate of drug-likeness (QED) is 0.0831. The first-order chi connectivity index (χ1) is 42.0. The van der Waals surface area contributed by atoms with Gasteiger partial charge in [0, 0.05) is 72.2 Å². The Bertz CT molecular complexity index is 3330. The molecule has 6 aromatic rings. The van der Waals surface area contributed by atoms with Crippen molar-refractivity contribution in [2.75, 3.05) is 48.0 Å². The summed E-state index contributed by atoms with van der Waals surface area (Å²) in [5.74, 6) is -0.619. The third-order valence-corrected chi connectivity index (χ3v) is 18.1. The molecule has 3 fully saturated rings. The van der Waals surface area contributed by atoms with E-state index in [1.807, 2.05) is 65.7 Å². The van der Waals surface area contributed by atoms with Gasteiger partial charge in [0.25, 0.3) is 5.91 Å². The Morgan fingerprint density at radius 2 is 1.29 bits per heavy atom. The van der Waals surface area contributed by atoms with Crippen LogP contribution in [-0.2, 0) is 37.7 Å². The van der Waals surface area contributed by atoms with Crippen LogP contribution in [0.1, 0.15) is 169 Å². The van der Waals surface area contributed by atoms with Gasteiger partial charge in [-0.05, 0) is 68.5 Å². The molecule has 3 aliphatic heterocycles. The highest BCUT2D eigenvalue weighted by Gasteiger charge is 2.53. The molecule has 3 N–H and O–H groups in total. The van der Waals surface area contributed by atoms with Crippen LogP contribution in [0.5, 0.6) is 0 Å². The minimum absolute atomic E-state index is 0.0422. The van der Waals surface area contributed by atoms with Gasteiger partial charge in [0.2, 0.25) is 11.8 Å². The van der Waals surface area contributed by atoms with E-state index < -0.39 is 17.0 Å². The minimum Gasteiger partial charge on any atom is -0.380 e. The Kier molecular flexibility index (Phi) is 20.0. The van der Waals surface area contributed by atoms with E-state index in [2.05, 4.69) is 89.8 Å². The number of benzene rings is 4. The van der Waals surface area contributed by atoms with Crippen LogP contribution in [0, 0.1) is 10.8 Å². The summed E-state index contributed by atoms with van der Waals surface area (Å²) in [5, 5.41) is 27.9. The van der Waals surface area contributed by atoms with E-state index >= 15 is 0 Å². The van der Waals surface area contributed by atoms with E-state index in [1.54, 1.807) is 33.8 Å². The second-order valence-electron chi connectivity index (χ2n) is 26.7. The molecule has 18 heteroatoms. The number of hydrogen-bond acceptors (Lipinski definition) is 10. The standard InChI is InChI=1S/C69H90N12O6/c1-66(2,49-87-50-67(3,4)48-78-46-57(73-75-78)51-29-27-30-53(44-51)71-64(85)77-42-40-69(41-43-77)63(84)80(65(86)72-69)54-31-19-18-20-32-54)47-70-59(82)36-37-60(83)79-45-52-28-21-22-33-55(52)62-61(56-34-23-24-35-58(56)79)74-76-81(62)68(5)38-25-16-14-12-10-8-6-7-9-11-13-15-17-26-39-68/h18-24,27-35,44,46H,6-17,25-26,36-43,45,47-50H2,1-5H3,(H,70,82)(H,71,85)(H,72,86). The lowest BCUT2D eigenvalue weighted by Gasteiger charge is -2.37. The normalized spacial score (nSPS) is 17.9. The van der Waals surface area contributed by atoms with Crippen molar-refractivity contribution in [3.05, 3.63) is 115 Å². The Hall–Kier alpha value is -7.73. The highest BCUT2D eigenvalue weighted by molar-refractivity contribution is 6.23. The number of piperidine rings is 1. The molecular formula is C69H90N12O6. The van der Waals surface area contributed by atoms with Crippen LogP contribution in [0.4, 0.5) is 26.7 Å². The number of carbonyl (C=O) groups excluding carboxylic acids is 5. The van der Waals surface area contributed by atoms with Gasteiger partial charge in [-0.15, -0.1) is 10.2 Å². The van der Waals surface area contributed by atoms with E-state index in [4.69, 9.17) is 15.0 Å². The molecule has 1 spiro atoms. The fourth-order valence-electron chi connectivity index (χ4n) is 13.1. The van der Waals surface area contributed by atoms with Gasteiger partial charge < -0.3 is 30.5 Å². The largest absolute Gasteiger partial charge is 0.380 e. The molecule has 5 heterocycles. The lowest BCUT2D eigenvalue weighted by atomic mass is 9.86. The summed E-state index contributed by atoms with van der Waals surface area (Å²) in [4.78, 5) is 72.7. The molecule has 0 unspecified atom stereocenters. The van der Waals surface area contributed by atoms with Crippen molar-refractivity contribution < 1.29 is 28.7 Å². The van der Waals surface area contributed by atoms with E-state index in [0.717, 1.165) is 65.0 Å². The smallest absolute Gasteiger partial charge is 0.329 e. The topological polar surface area (TPSA) is 202 Å². The number of amides is 7. The average molecular weight is 1180 g/mol. The molecule has 462 valence electrons. The summed E-state index contributed by atoms with van der Waals surface area (Å²) in [7, 11) is 0. The molecule has 0 bridgehead atoms. The molecule has 2 aromatic heterocycles. The Morgan fingerprint density at radius 3 is 1.98 bits per heavy atom. The number of nitrogens with one attached hydrogen (secondary N) is 3. The molecule has 0 atom stereocenters. The number of carbonyl (C=O) groups is 5. The van der Waals surface area contributed by atoms with E-state index in [9.17, 15) is 24.0 Å². The Morgan fingerprint density at radius 1 is 0.667 bits per heavy atom. The fraction of sp³-hybridized carbons (Fsp3) is 0.522. The summed E-state index contributed by atoms with van der Waals surface area (Å²) >= 11 is 0. The predicted octanol–water partition coefficient (Wildman–Crippen LogP) is 13.5. The fourth-order valence-corrected chi connectivity index (χ4v) is 13.1. The maximum atomic E-state index is 14.5. The summed E-state index contributed by atoms with van der Waals surface area (Å²) < 4.78 is 10.4. The van der Waals surface area contributed by atoms with Gasteiger partial charge in [-0.2, -0.15) is 0 Å². The number of ether oxygens (including phenoxy) is 1. The second kappa shape index (κ2) is 28.0. The van der Waals surface area contributed by atoms with Crippen LogP contribution in [-0.4, -0.2) is 103 Å². The number of hydrogen-bond donors (Lipinski definition) is 3. The number of rotatable bonds is 15. The molecule has 1 saturated carbocycles. The van der Waals surface area contributed by atoms with Gasteiger partial charge in [-0.3, -0.25) is 19.1 Å². The first-order valence-corrected chi connectivity index (χ1v) is 32.1. The van der Waals surface area contributed by atoms with Gasteiger partial charge in [-0.25, -0.2) is 19.2 Å². The zero-order valence-corrected chi connectivity index (χ0v) is 52.0. The maximum Gasteiger partial charge on any atom is 0.329 e. The highest BCUT2D eigenvalue weighted by Crippen LogP contribution is 2.45. The lowest BCUT2D eigenvalue weighted by Crippen LogP contribution is -2.56. The molecule has 4 aromatic carbocycles. The monoisotopic (exact) mass is 1180 g/mol. The van der Waals surface area contributed by atoms with Crippen molar-refractivity contribution in [2.45, 2.75) is 187 Å². The lowest BCUT2D eigenvalue weighted by molar-refractivity contribution is -0.125. The minimum atomic E-state index is -1.04. The Balaban J connectivity index is 0.693. The summed E-state index contributed by atoms with van der Waals surface area (Å²) in [6, 6.07) is 32.0. The molecule has 2 saturated heterocycles. The predicted molar refractivity (Wildman–Crippen MR) is 341 cm³/mol. The van der Waals surface area contributed by atoms with E-state index in [-0.39, 0.29) is 47.5 Å². The van der Waals surface area contributed by atoms with Crippen molar-refractivity contribution in [2.24, 2.45) is 10.8 Å². The van der Waals surface area contributed by atoms with Gasteiger partial charge >= 0.3 is 12.1 Å². The van der Waals surface area contributed by atoms with Crippen LogP contribution in [0.15, 0.2) is 109 Å². The van der Waals surface area contributed by atoms with E-state index in [0.29, 0.717) is 75.8 Å². The van der Waals surface area contributed by atoms with Crippen LogP contribution in [0.2, 0.25) is 0 Å². The first kappa shape index (κ1) is 62.3. The molecule has 10 rings (SSSR count). The zero-order valence-electron chi connectivity index (χ0n) is 52.0. The number of para-hydroxylation sites is 2. The first-order valence-electron chi connectivity index (χ1n) is 32.1. The van der Waals surface area contributed by atoms with Crippen molar-refractivity contribution in [3.8, 4) is 33.8 Å². The van der Waals surface area contributed by atoms with Crippen molar-refractivity contribution in [1.29, 1.82) is 0 Å². The van der Waals surface area contributed by atoms with Gasteiger partial charge in [-0.1, -0.05) is 201 Å². The average Bonchev–Trinajstić information content (AvgIpc) is 2.26. The van der Waals surface area contributed by atoms with Gasteiger partial charge in [0.05, 0.1) is 48.6 Å². The Labute approximate surface area is 513 Å². The van der Waals surface area contributed by atoms with Crippen LogP contribution >= 0.6 is 0 Å². The molecule has 1 aliphatic carbocycles. The van der Waals surface area contributed by atoms with Crippen LogP contribution in [0.25, 0.3) is 33.8 Å². The van der Waals surface area contributed by atoms with Crippen molar-refractivity contribution in [1.82, 2.24) is 45.5 Å². The molecule has 0 radical (unpaired) electrons.